The van der Waals surface area contributed by atoms with Gasteiger partial charge in [-0.3, -0.25) is 9.69 Å². The number of guanidine groups is 1. The number of benzene rings is 1. The second-order valence-corrected chi connectivity index (χ2v) is 7.81. The highest BCUT2D eigenvalue weighted by atomic mass is 127. The zero-order chi connectivity index (χ0) is 22.1. The molecule has 0 aromatic heterocycles. The van der Waals surface area contributed by atoms with E-state index in [2.05, 4.69) is 15.1 Å². The molecule has 32 heavy (non-hydrogen) atoms. The van der Waals surface area contributed by atoms with E-state index in [-0.39, 0.29) is 47.6 Å². The van der Waals surface area contributed by atoms with Crippen molar-refractivity contribution in [2.24, 2.45) is 4.99 Å². The van der Waals surface area contributed by atoms with Gasteiger partial charge in [-0.25, -0.2) is 9.38 Å². The van der Waals surface area contributed by atoms with Crippen LogP contribution in [-0.2, 0) is 9.53 Å². The minimum Gasteiger partial charge on any atom is -0.486 e. The first kappa shape index (κ1) is 26.6. The third-order valence-electron chi connectivity index (χ3n) is 5.39. The molecule has 8 nitrogen and oxygen atoms in total. The lowest BCUT2D eigenvalue weighted by Gasteiger charge is -2.37. The number of para-hydroxylation sites is 1. The summed E-state index contributed by atoms with van der Waals surface area (Å²) in [7, 11) is 0. The van der Waals surface area contributed by atoms with Gasteiger partial charge in [-0.05, 0) is 26.0 Å². The van der Waals surface area contributed by atoms with Gasteiger partial charge in [0, 0.05) is 45.8 Å². The van der Waals surface area contributed by atoms with Gasteiger partial charge in [0.1, 0.15) is 6.10 Å². The lowest BCUT2D eigenvalue weighted by Crippen LogP contribution is -2.55. The Labute approximate surface area is 207 Å². The van der Waals surface area contributed by atoms with Crippen LogP contribution < -0.4 is 10.1 Å². The van der Waals surface area contributed by atoms with E-state index in [1.807, 2.05) is 18.7 Å². The van der Waals surface area contributed by atoms with Crippen LogP contribution in [-0.4, -0.2) is 105 Å². The molecular formula is C22H35FIN5O3. The Morgan fingerprint density at radius 3 is 2.50 bits per heavy atom. The second-order valence-electron chi connectivity index (χ2n) is 7.81. The smallest absolute Gasteiger partial charge is 0.236 e. The van der Waals surface area contributed by atoms with Crippen molar-refractivity contribution in [2.75, 3.05) is 72.1 Å². The van der Waals surface area contributed by atoms with E-state index in [4.69, 9.17) is 14.5 Å². The minimum atomic E-state index is -0.368. The maximum absolute atomic E-state index is 13.8. The van der Waals surface area contributed by atoms with Crippen molar-refractivity contribution in [1.82, 2.24) is 20.0 Å². The topological polar surface area (TPSA) is 69.6 Å². The number of ether oxygens (including phenoxy) is 2. The number of carbonyl (C=O) groups excluding carboxylic acids is 1. The largest absolute Gasteiger partial charge is 0.486 e. The summed E-state index contributed by atoms with van der Waals surface area (Å²) in [4.78, 5) is 23.5. The zero-order valence-corrected chi connectivity index (χ0v) is 21.3. The number of carbonyl (C=O) groups is 1. The number of morpholine rings is 1. The van der Waals surface area contributed by atoms with Crippen molar-refractivity contribution in [3.05, 3.63) is 30.1 Å². The van der Waals surface area contributed by atoms with Gasteiger partial charge in [0.15, 0.2) is 17.5 Å². The van der Waals surface area contributed by atoms with Gasteiger partial charge in [-0.1, -0.05) is 12.1 Å². The molecule has 2 saturated heterocycles. The molecule has 1 N–H and O–H groups in total. The Morgan fingerprint density at radius 1 is 1.16 bits per heavy atom. The summed E-state index contributed by atoms with van der Waals surface area (Å²) in [6.07, 6.45) is -0.252. The Balaban J connectivity index is 0.00000363. The molecule has 0 aliphatic carbocycles. The van der Waals surface area contributed by atoms with Crippen LogP contribution in [0.2, 0.25) is 0 Å². The number of piperazine rings is 1. The minimum absolute atomic E-state index is 0. The lowest BCUT2D eigenvalue weighted by molar-refractivity contribution is -0.136. The summed E-state index contributed by atoms with van der Waals surface area (Å²) in [6, 6.07) is 6.40. The van der Waals surface area contributed by atoms with Gasteiger partial charge in [0.2, 0.25) is 5.91 Å². The number of nitrogens with one attached hydrogen (secondary N) is 1. The van der Waals surface area contributed by atoms with Crippen LogP contribution in [0.25, 0.3) is 0 Å². The predicted octanol–water partition coefficient (Wildman–Crippen LogP) is 1.65. The van der Waals surface area contributed by atoms with E-state index in [1.54, 1.807) is 18.2 Å². The van der Waals surface area contributed by atoms with Gasteiger partial charge in [-0.15, -0.1) is 24.0 Å². The number of hydrogen-bond acceptors (Lipinski definition) is 5. The van der Waals surface area contributed by atoms with Crippen molar-refractivity contribution in [2.45, 2.75) is 20.0 Å². The molecule has 1 amide bonds. The average Bonchev–Trinajstić information content (AvgIpc) is 2.79. The molecule has 0 spiro atoms. The molecule has 1 atom stereocenters. The number of hydrogen-bond donors (Lipinski definition) is 1. The van der Waals surface area contributed by atoms with Crippen LogP contribution in [0.3, 0.4) is 0 Å². The van der Waals surface area contributed by atoms with Crippen LogP contribution >= 0.6 is 24.0 Å². The Morgan fingerprint density at radius 2 is 1.84 bits per heavy atom. The molecule has 180 valence electrons. The first-order valence-electron chi connectivity index (χ1n) is 11.1. The van der Waals surface area contributed by atoms with Gasteiger partial charge in [0.05, 0.1) is 26.3 Å². The van der Waals surface area contributed by atoms with E-state index in [0.29, 0.717) is 39.4 Å². The average molecular weight is 563 g/mol. The van der Waals surface area contributed by atoms with Gasteiger partial charge < -0.3 is 24.6 Å². The Hall–Kier alpha value is -1.66. The van der Waals surface area contributed by atoms with E-state index < -0.39 is 0 Å². The maximum atomic E-state index is 13.8. The summed E-state index contributed by atoms with van der Waals surface area (Å²) >= 11 is 0. The summed E-state index contributed by atoms with van der Waals surface area (Å²) in [6.45, 7) is 11.4. The molecule has 0 saturated carbocycles. The number of nitrogens with zero attached hydrogens (tertiary/aromatic N) is 4. The van der Waals surface area contributed by atoms with Gasteiger partial charge in [0.25, 0.3) is 0 Å². The monoisotopic (exact) mass is 563 g/mol. The molecule has 2 aliphatic rings. The number of amides is 1. The van der Waals surface area contributed by atoms with E-state index >= 15 is 0 Å². The molecule has 1 aromatic rings. The highest BCUT2D eigenvalue weighted by Gasteiger charge is 2.24. The predicted molar refractivity (Wildman–Crippen MR) is 133 cm³/mol. The molecule has 10 heteroatoms. The zero-order valence-electron chi connectivity index (χ0n) is 19.0. The van der Waals surface area contributed by atoms with Crippen molar-refractivity contribution in [1.29, 1.82) is 0 Å². The highest BCUT2D eigenvalue weighted by Crippen LogP contribution is 2.17. The van der Waals surface area contributed by atoms with Crippen LogP contribution in [0.1, 0.15) is 13.8 Å². The molecule has 2 fully saturated rings. The van der Waals surface area contributed by atoms with Crippen molar-refractivity contribution < 1.29 is 18.7 Å². The van der Waals surface area contributed by atoms with Crippen LogP contribution in [0.5, 0.6) is 5.75 Å². The van der Waals surface area contributed by atoms with Gasteiger partial charge in [-0.2, -0.15) is 0 Å². The fourth-order valence-electron chi connectivity index (χ4n) is 3.66. The molecular weight excluding hydrogens is 528 g/mol. The molecule has 1 aromatic carbocycles. The summed E-state index contributed by atoms with van der Waals surface area (Å²) in [5.41, 5.74) is 0. The molecule has 1 unspecified atom stereocenters. The fourth-order valence-corrected chi connectivity index (χ4v) is 3.66. The van der Waals surface area contributed by atoms with Crippen molar-refractivity contribution in [3.8, 4) is 5.75 Å². The summed E-state index contributed by atoms with van der Waals surface area (Å²) in [5, 5.41) is 3.33. The van der Waals surface area contributed by atoms with Crippen molar-refractivity contribution >= 4 is 35.8 Å². The van der Waals surface area contributed by atoms with Crippen LogP contribution in [0.15, 0.2) is 29.3 Å². The number of halogens is 2. The number of rotatable bonds is 7. The SMILES string of the molecule is CCNC(=NCC(C)Oc1ccccc1F)N1CCN(CC(=O)N2CCOCC2)CC1.I. The standard InChI is InChI=1S/C22H34FN5O3.HI/c1-3-24-22(25-16-18(2)31-20-7-5-4-6-19(20)23)28-10-8-26(9-11-28)17-21(29)27-12-14-30-15-13-27;/h4-7,18H,3,8-17H2,1-2H3,(H,24,25);1H. The van der Waals surface area contributed by atoms with Crippen molar-refractivity contribution in [3.63, 3.8) is 0 Å². The normalized spacial score (nSPS) is 18.7. The van der Waals surface area contributed by atoms with Crippen LogP contribution in [0.4, 0.5) is 4.39 Å². The van der Waals surface area contributed by atoms with Crippen LogP contribution in [0, 0.1) is 5.82 Å². The molecule has 0 bridgehead atoms. The third kappa shape index (κ3) is 8.04. The molecule has 0 radical (unpaired) electrons. The Kier molecular flexibility index (Phi) is 11.5. The first-order valence-corrected chi connectivity index (χ1v) is 11.1. The molecule has 3 rings (SSSR count). The first-order chi connectivity index (χ1) is 15.1. The fraction of sp³-hybridized carbons (Fsp3) is 0.636. The third-order valence-corrected chi connectivity index (χ3v) is 5.39. The van der Waals surface area contributed by atoms with E-state index in [1.165, 1.54) is 6.07 Å². The quantitative estimate of drug-likeness (QED) is 0.309. The number of aliphatic imine (C=N–C) groups is 1. The van der Waals surface area contributed by atoms with Gasteiger partial charge >= 0.3 is 0 Å². The van der Waals surface area contributed by atoms with E-state index in [0.717, 1.165) is 38.7 Å². The Bertz CT molecular complexity index is 740. The van der Waals surface area contributed by atoms with E-state index in [9.17, 15) is 9.18 Å². The summed E-state index contributed by atoms with van der Waals surface area (Å²) in [5.74, 6) is 0.879. The maximum Gasteiger partial charge on any atom is 0.236 e. The highest BCUT2D eigenvalue weighted by molar-refractivity contribution is 14.0. The lowest BCUT2D eigenvalue weighted by atomic mass is 10.3. The molecule has 2 heterocycles. The second kappa shape index (κ2) is 13.8. The summed E-state index contributed by atoms with van der Waals surface area (Å²) < 4.78 is 24.8. The molecule has 2 aliphatic heterocycles.